The average Bonchev–Trinajstić information content (AvgIpc) is 2.62. The predicted octanol–water partition coefficient (Wildman–Crippen LogP) is 4.43. The normalized spacial score (nSPS) is 16.4. The Morgan fingerprint density at radius 2 is 1.80 bits per heavy atom. The summed E-state index contributed by atoms with van der Waals surface area (Å²) in [5.74, 6) is 0.0955. The highest BCUT2D eigenvalue weighted by Crippen LogP contribution is 2.36. The average molecular weight is 402 g/mol. The molecular formula is C21H24BrNO2. The van der Waals surface area contributed by atoms with Crippen molar-refractivity contribution in [1.82, 2.24) is 5.32 Å². The number of hydrogen-bond donors (Lipinski definition) is 1. The summed E-state index contributed by atoms with van der Waals surface area (Å²) in [6.45, 7) is 5.97. The van der Waals surface area contributed by atoms with Crippen molar-refractivity contribution in [2.45, 2.75) is 38.6 Å². The second-order valence-corrected chi connectivity index (χ2v) is 7.73. The molecule has 3 rings (SSSR count). The van der Waals surface area contributed by atoms with Gasteiger partial charge in [-0.2, -0.15) is 0 Å². The smallest absolute Gasteiger partial charge is 0.231 e. The Kier molecular flexibility index (Phi) is 5.60. The van der Waals surface area contributed by atoms with Crippen LogP contribution in [0.1, 0.15) is 35.1 Å². The summed E-state index contributed by atoms with van der Waals surface area (Å²) in [5, 5.41) is 3.18. The summed E-state index contributed by atoms with van der Waals surface area (Å²) in [5.41, 5.74) is 4.18. The van der Waals surface area contributed by atoms with Crippen molar-refractivity contribution in [1.29, 1.82) is 0 Å². The molecule has 132 valence electrons. The van der Waals surface area contributed by atoms with Crippen LogP contribution in [-0.2, 0) is 21.5 Å². The lowest BCUT2D eigenvalue weighted by Crippen LogP contribution is -2.47. The number of halogens is 1. The van der Waals surface area contributed by atoms with E-state index in [4.69, 9.17) is 4.74 Å². The van der Waals surface area contributed by atoms with Crippen molar-refractivity contribution >= 4 is 21.8 Å². The van der Waals surface area contributed by atoms with Crippen LogP contribution >= 0.6 is 15.9 Å². The standard InChI is InChI=1S/C21H24BrNO2/c1-15-3-4-17(16(2)13-15)14-23-20(24)21(9-11-25-12-10-21)18-5-7-19(22)8-6-18/h3-8,13H,9-12,14H2,1-2H3,(H,23,24). The molecule has 0 radical (unpaired) electrons. The Balaban J connectivity index is 1.81. The van der Waals surface area contributed by atoms with Gasteiger partial charge in [0.05, 0.1) is 5.41 Å². The van der Waals surface area contributed by atoms with E-state index in [0.29, 0.717) is 32.6 Å². The molecule has 2 aromatic rings. The Hall–Kier alpha value is -1.65. The molecule has 4 heteroatoms. The molecule has 1 fully saturated rings. The predicted molar refractivity (Wildman–Crippen MR) is 104 cm³/mol. The van der Waals surface area contributed by atoms with Gasteiger partial charge in [-0.1, -0.05) is 51.8 Å². The van der Waals surface area contributed by atoms with Gasteiger partial charge in [0.1, 0.15) is 0 Å². The summed E-state index contributed by atoms with van der Waals surface area (Å²) in [6, 6.07) is 14.4. The van der Waals surface area contributed by atoms with Gasteiger partial charge in [0.25, 0.3) is 0 Å². The van der Waals surface area contributed by atoms with E-state index in [-0.39, 0.29) is 5.91 Å². The van der Waals surface area contributed by atoms with Crippen LogP contribution in [0.25, 0.3) is 0 Å². The third-order valence-electron chi connectivity index (χ3n) is 5.12. The van der Waals surface area contributed by atoms with Crippen molar-refractivity contribution in [2.24, 2.45) is 0 Å². The summed E-state index contributed by atoms with van der Waals surface area (Å²) in [4.78, 5) is 13.2. The van der Waals surface area contributed by atoms with E-state index < -0.39 is 5.41 Å². The number of aryl methyl sites for hydroxylation is 2. The Labute approximate surface area is 157 Å². The highest BCUT2D eigenvalue weighted by Gasteiger charge is 2.41. The fourth-order valence-corrected chi connectivity index (χ4v) is 3.79. The monoisotopic (exact) mass is 401 g/mol. The van der Waals surface area contributed by atoms with E-state index in [9.17, 15) is 4.79 Å². The highest BCUT2D eigenvalue weighted by atomic mass is 79.9. The van der Waals surface area contributed by atoms with Gasteiger partial charge < -0.3 is 10.1 Å². The molecule has 0 bridgehead atoms. The molecule has 1 amide bonds. The minimum absolute atomic E-state index is 0.0955. The zero-order chi connectivity index (χ0) is 17.9. The lowest BCUT2D eigenvalue weighted by atomic mass is 9.73. The maximum absolute atomic E-state index is 13.2. The van der Waals surface area contributed by atoms with Crippen LogP contribution in [0.5, 0.6) is 0 Å². The summed E-state index contributed by atoms with van der Waals surface area (Å²) < 4.78 is 6.55. The second kappa shape index (κ2) is 7.71. The molecule has 0 atom stereocenters. The SMILES string of the molecule is Cc1ccc(CNC(=O)C2(c3ccc(Br)cc3)CCOCC2)c(C)c1. The van der Waals surface area contributed by atoms with Crippen LogP contribution in [-0.4, -0.2) is 19.1 Å². The highest BCUT2D eigenvalue weighted by molar-refractivity contribution is 9.10. The van der Waals surface area contributed by atoms with Crippen LogP contribution in [0.4, 0.5) is 0 Å². The largest absolute Gasteiger partial charge is 0.381 e. The number of carbonyl (C=O) groups excluding carboxylic acids is 1. The quantitative estimate of drug-likeness (QED) is 0.822. The van der Waals surface area contributed by atoms with Gasteiger partial charge in [-0.15, -0.1) is 0 Å². The van der Waals surface area contributed by atoms with Gasteiger partial charge in [-0.3, -0.25) is 4.79 Å². The van der Waals surface area contributed by atoms with Crippen LogP contribution < -0.4 is 5.32 Å². The minimum atomic E-state index is -0.502. The van der Waals surface area contributed by atoms with Crippen LogP contribution in [0.2, 0.25) is 0 Å². The minimum Gasteiger partial charge on any atom is -0.381 e. The van der Waals surface area contributed by atoms with Gasteiger partial charge in [-0.05, 0) is 55.5 Å². The number of nitrogens with one attached hydrogen (secondary N) is 1. The Bertz CT molecular complexity index is 749. The molecule has 1 heterocycles. The first-order valence-electron chi connectivity index (χ1n) is 8.69. The van der Waals surface area contributed by atoms with Crippen molar-refractivity contribution in [3.8, 4) is 0 Å². The van der Waals surface area contributed by atoms with Gasteiger partial charge in [0.15, 0.2) is 0 Å². The molecule has 1 saturated heterocycles. The summed E-state index contributed by atoms with van der Waals surface area (Å²) in [6.07, 6.45) is 1.43. The van der Waals surface area contributed by atoms with E-state index in [1.54, 1.807) is 0 Å². The molecule has 1 aliphatic heterocycles. The molecule has 0 aliphatic carbocycles. The molecule has 1 N–H and O–H groups in total. The van der Waals surface area contributed by atoms with Gasteiger partial charge in [0.2, 0.25) is 5.91 Å². The fourth-order valence-electron chi connectivity index (χ4n) is 3.52. The van der Waals surface area contributed by atoms with E-state index >= 15 is 0 Å². The summed E-state index contributed by atoms with van der Waals surface area (Å²) in [7, 11) is 0. The summed E-state index contributed by atoms with van der Waals surface area (Å²) >= 11 is 3.47. The van der Waals surface area contributed by atoms with Crippen molar-refractivity contribution in [2.75, 3.05) is 13.2 Å². The van der Waals surface area contributed by atoms with E-state index in [1.165, 1.54) is 11.1 Å². The molecule has 0 unspecified atom stereocenters. The number of hydrogen-bond acceptors (Lipinski definition) is 2. The zero-order valence-electron chi connectivity index (χ0n) is 14.8. The molecule has 0 saturated carbocycles. The van der Waals surface area contributed by atoms with Crippen molar-refractivity contribution in [3.63, 3.8) is 0 Å². The molecule has 0 spiro atoms. The number of rotatable bonds is 4. The number of carbonyl (C=O) groups is 1. The van der Waals surface area contributed by atoms with E-state index in [1.807, 2.05) is 24.3 Å². The lowest BCUT2D eigenvalue weighted by molar-refractivity contribution is -0.130. The third-order valence-corrected chi connectivity index (χ3v) is 5.64. The van der Waals surface area contributed by atoms with Gasteiger partial charge in [-0.25, -0.2) is 0 Å². The van der Waals surface area contributed by atoms with Gasteiger partial charge in [0, 0.05) is 24.2 Å². The number of benzene rings is 2. The van der Waals surface area contributed by atoms with Crippen molar-refractivity contribution < 1.29 is 9.53 Å². The lowest BCUT2D eigenvalue weighted by Gasteiger charge is -2.36. The fraction of sp³-hybridized carbons (Fsp3) is 0.381. The number of amides is 1. The molecule has 25 heavy (non-hydrogen) atoms. The molecular weight excluding hydrogens is 378 g/mol. The number of ether oxygens (including phenoxy) is 1. The molecule has 2 aromatic carbocycles. The Morgan fingerprint density at radius 3 is 2.44 bits per heavy atom. The topological polar surface area (TPSA) is 38.3 Å². The maximum atomic E-state index is 13.2. The zero-order valence-corrected chi connectivity index (χ0v) is 16.4. The van der Waals surface area contributed by atoms with E-state index in [2.05, 4.69) is 53.3 Å². The van der Waals surface area contributed by atoms with E-state index in [0.717, 1.165) is 15.6 Å². The third kappa shape index (κ3) is 3.96. The van der Waals surface area contributed by atoms with Gasteiger partial charge >= 0.3 is 0 Å². The van der Waals surface area contributed by atoms with Crippen LogP contribution in [0, 0.1) is 13.8 Å². The molecule has 1 aliphatic rings. The first-order chi connectivity index (χ1) is 12.0. The second-order valence-electron chi connectivity index (χ2n) is 6.81. The van der Waals surface area contributed by atoms with Crippen LogP contribution in [0.15, 0.2) is 46.9 Å². The first kappa shape index (κ1) is 18.2. The first-order valence-corrected chi connectivity index (χ1v) is 9.49. The van der Waals surface area contributed by atoms with Crippen LogP contribution in [0.3, 0.4) is 0 Å². The van der Waals surface area contributed by atoms with Crippen molar-refractivity contribution in [3.05, 3.63) is 69.2 Å². The molecule has 3 nitrogen and oxygen atoms in total. The molecule has 0 aromatic heterocycles. The Morgan fingerprint density at radius 1 is 1.12 bits per heavy atom. The maximum Gasteiger partial charge on any atom is 0.231 e.